The van der Waals surface area contributed by atoms with Gasteiger partial charge in [0.2, 0.25) is 0 Å². The van der Waals surface area contributed by atoms with Gasteiger partial charge < -0.3 is 15.0 Å². The topological polar surface area (TPSA) is 57.7 Å². The van der Waals surface area contributed by atoms with E-state index in [-0.39, 0.29) is 5.91 Å². The lowest BCUT2D eigenvalue weighted by Gasteiger charge is -2.34. The highest BCUT2D eigenvalue weighted by atomic mass is 32.1. The van der Waals surface area contributed by atoms with Crippen LogP contribution < -0.4 is 15.0 Å². The largest absolute Gasteiger partial charge is 0.494 e. The van der Waals surface area contributed by atoms with Gasteiger partial charge in [-0.25, -0.2) is 4.98 Å². The second kappa shape index (κ2) is 9.77. The number of ether oxygens (including phenoxy) is 1. The van der Waals surface area contributed by atoms with Crippen LogP contribution in [-0.4, -0.2) is 61.7 Å². The van der Waals surface area contributed by atoms with Crippen LogP contribution in [0.3, 0.4) is 0 Å². The number of anilines is 1. The summed E-state index contributed by atoms with van der Waals surface area (Å²) in [5.74, 6) is 0.891. The maximum absolute atomic E-state index is 12.7. The summed E-state index contributed by atoms with van der Waals surface area (Å²) in [5, 5.41) is 6.25. The van der Waals surface area contributed by atoms with E-state index in [1.54, 1.807) is 11.3 Å². The van der Waals surface area contributed by atoms with Crippen LogP contribution in [-0.2, 0) is 0 Å². The summed E-state index contributed by atoms with van der Waals surface area (Å²) in [7, 11) is 0. The van der Waals surface area contributed by atoms with Crippen LogP contribution in [0.2, 0.25) is 0 Å². The van der Waals surface area contributed by atoms with Crippen molar-refractivity contribution < 1.29 is 9.53 Å². The molecule has 0 atom stereocenters. The lowest BCUT2D eigenvalue weighted by Crippen LogP contribution is -2.48. The SMILES string of the molecule is CCOc1ccc2nc(N3CCN(CCNC(=O)c4cccc5ccccc45)CC3)sc2c1. The summed E-state index contributed by atoms with van der Waals surface area (Å²) in [6.45, 7) is 7.96. The minimum absolute atomic E-state index is 0.00802. The molecule has 0 unspecified atom stereocenters. The predicted molar refractivity (Wildman–Crippen MR) is 136 cm³/mol. The van der Waals surface area contributed by atoms with Gasteiger partial charge in [0.25, 0.3) is 5.91 Å². The third-order valence-corrected chi connectivity index (χ3v) is 7.13. The minimum Gasteiger partial charge on any atom is -0.494 e. The second-order valence-electron chi connectivity index (χ2n) is 8.17. The number of thiazole rings is 1. The molecule has 7 heteroatoms. The van der Waals surface area contributed by atoms with Gasteiger partial charge in [0, 0.05) is 44.8 Å². The molecule has 2 heterocycles. The van der Waals surface area contributed by atoms with Gasteiger partial charge in [-0.05, 0) is 42.0 Å². The molecule has 0 radical (unpaired) electrons. The van der Waals surface area contributed by atoms with Gasteiger partial charge in [0.05, 0.1) is 16.8 Å². The molecule has 5 rings (SSSR count). The van der Waals surface area contributed by atoms with Crippen LogP contribution in [0.1, 0.15) is 17.3 Å². The molecule has 1 amide bonds. The van der Waals surface area contributed by atoms with Crippen LogP contribution >= 0.6 is 11.3 Å². The summed E-state index contributed by atoms with van der Waals surface area (Å²) in [5.41, 5.74) is 1.76. The average Bonchev–Trinajstić information content (AvgIpc) is 3.28. The van der Waals surface area contributed by atoms with Crippen molar-refractivity contribution in [3.63, 3.8) is 0 Å². The zero-order valence-electron chi connectivity index (χ0n) is 18.8. The van der Waals surface area contributed by atoms with Gasteiger partial charge >= 0.3 is 0 Å². The number of carbonyl (C=O) groups excluding carboxylic acids is 1. The van der Waals surface area contributed by atoms with Gasteiger partial charge in [-0.3, -0.25) is 9.69 Å². The van der Waals surface area contributed by atoms with E-state index in [1.807, 2.05) is 61.5 Å². The van der Waals surface area contributed by atoms with Crippen molar-refractivity contribution in [1.82, 2.24) is 15.2 Å². The third kappa shape index (κ3) is 4.79. The molecule has 0 aliphatic carbocycles. The highest BCUT2D eigenvalue weighted by molar-refractivity contribution is 7.22. The molecular weight excluding hydrogens is 432 g/mol. The summed E-state index contributed by atoms with van der Waals surface area (Å²) in [6, 6.07) is 20.0. The molecule has 1 aliphatic heterocycles. The first-order valence-corrected chi connectivity index (χ1v) is 12.3. The number of rotatable bonds is 7. The number of amides is 1. The molecule has 0 spiro atoms. The highest BCUT2D eigenvalue weighted by Gasteiger charge is 2.20. The molecule has 6 nitrogen and oxygen atoms in total. The van der Waals surface area contributed by atoms with Crippen LogP contribution in [0.15, 0.2) is 60.7 Å². The smallest absolute Gasteiger partial charge is 0.251 e. The molecule has 170 valence electrons. The van der Waals surface area contributed by atoms with Gasteiger partial charge in [-0.1, -0.05) is 47.7 Å². The number of nitrogens with zero attached hydrogens (tertiary/aromatic N) is 3. The quantitative estimate of drug-likeness (QED) is 0.443. The molecule has 1 fully saturated rings. The fourth-order valence-electron chi connectivity index (χ4n) is 4.29. The molecular formula is C26H28N4O2S. The summed E-state index contributed by atoms with van der Waals surface area (Å²) in [4.78, 5) is 22.3. The maximum Gasteiger partial charge on any atom is 0.251 e. The third-order valence-electron chi connectivity index (χ3n) is 6.05. The molecule has 4 aromatic rings. The van der Waals surface area contributed by atoms with Gasteiger partial charge in [0.1, 0.15) is 5.75 Å². The van der Waals surface area contributed by atoms with Crippen molar-refractivity contribution >= 4 is 43.4 Å². The summed E-state index contributed by atoms with van der Waals surface area (Å²) in [6.07, 6.45) is 0. The van der Waals surface area contributed by atoms with E-state index < -0.39 is 0 Å². The monoisotopic (exact) mass is 460 g/mol. The Kier molecular flexibility index (Phi) is 6.41. The molecule has 0 bridgehead atoms. The van der Waals surface area contributed by atoms with Crippen LogP contribution in [0.4, 0.5) is 5.13 Å². The van der Waals surface area contributed by atoms with Gasteiger partial charge in [-0.2, -0.15) is 0 Å². The number of carbonyl (C=O) groups is 1. The van der Waals surface area contributed by atoms with E-state index in [0.717, 1.165) is 70.2 Å². The van der Waals surface area contributed by atoms with Gasteiger partial charge in [0.15, 0.2) is 5.13 Å². The second-order valence-corrected chi connectivity index (χ2v) is 9.18. The number of fused-ring (bicyclic) bond motifs is 2. The van der Waals surface area contributed by atoms with Gasteiger partial charge in [-0.15, -0.1) is 0 Å². The number of piperazine rings is 1. The van der Waals surface area contributed by atoms with Crippen molar-refractivity contribution in [1.29, 1.82) is 0 Å². The van der Waals surface area contributed by atoms with E-state index in [1.165, 1.54) is 0 Å². The van der Waals surface area contributed by atoms with E-state index in [2.05, 4.69) is 21.2 Å². The van der Waals surface area contributed by atoms with E-state index in [4.69, 9.17) is 9.72 Å². The molecule has 33 heavy (non-hydrogen) atoms. The number of aromatic nitrogens is 1. The number of hydrogen-bond acceptors (Lipinski definition) is 6. The Morgan fingerprint density at radius 2 is 1.88 bits per heavy atom. The van der Waals surface area contributed by atoms with E-state index >= 15 is 0 Å². The highest BCUT2D eigenvalue weighted by Crippen LogP contribution is 2.32. The Hall–Kier alpha value is -3.16. The summed E-state index contributed by atoms with van der Waals surface area (Å²) >= 11 is 1.72. The lowest BCUT2D eigenvalue weighted by molar-refractivity contribution is 0.0949. The Morgan fingerprint density at radius 1 is 1.06 bits per heavy atom. The minimum atomic E-state index is -0.00802. The Labute approximate surface area is 197 Å². The maximum atomic E-state index is 12.7. The zero-order chi connectivity index (χ0) is 22.6. The van der Waals surface area contributed by atoms with Crippen molar-refractivity contribution in [3.8, 4) is 5.75 Å². The summed E-state index contributed by atoms with van der Waals surface area (Å²) < 4.78 is 6.78. The van der Waals surface area contributed by atoms with Crippen LogP contribution in [0.25, 0.3) is 21.0 Å². The Bertz CT molecular complexity index is 1260. The molecule has 3 aromatic carbocycles. The van der Waals surface area contributed by atoms with Crippen molar-refractivity contribution in [2.45, 2.75) is 6.92 Å². The predicted octanol–water partition coefficient (Wildman–Crippen LogP) is 4.40. The standard InChI is InChI=1S/C26H28N4O2S/c1-2-32-20-10-11-23-24(18-20)33-26(28-23)30-16-14-29(15-17-30)13-12-27-25(31)22-9-5-7-19-6-3-4-8-21(19)22/h3-11,18H,2,12-17H2,1H3,(H,27,31). The first-order chi connectivity index (χ1) is 16.2. The number of nitrogens with one attached hydrogen (secondary N) is 1. The first kappa shape index (κ1) is 21.7. The fraction of sp³-hybridized carbons (Fsp3) is 0.308. The Balaban J connectivity index is 1.13. The van der Waals surface area contributed by atoms with E-state index in [0.29, 0.717) is 13.2 Å². The number of hydrogen-bond donors (Lipinski definition) is 1. The first-order valence-electron chi connectivity index (χ1n) is 11.5. The average molecular weight is 461 g/mol. The zero-order valence-corrected chi connectivity index (χ0v) is 19.6. The molecule has 1 saturated heterocycles. The van der Waals surface area contributed by atoms with E-state index in [9.17, 15) is 4.79 Å². The molecule has 1 aromatic heterocycles. The van der Waals surface area contributed by atoms with Crippen molar-refractivity contribution in [2.24, 2.45) is 0 Å². The Morgan fingerprint density at radius 3 is 2.73 bits per heavy atom. The normalized spacial score (nSPS) is 14.6. The van der Waals surface area contributed by atoms with Crippen molar-refractivity contribution in [3.05, 3.63) is 66.2 Å². The molecule has 1 aliphatic rings. The number of benzene rings is 3. The van der Waals surface area contributed by atoms with Crippen molar-refractivity contribution in [2.75, 3.05) is 50.8 Å². The fourth-order valence-corrected chi connectivity index (χ4v) is 5.34. The lowest BCUT2D eigenvalue weighted by atomic mass is 10.0. The van der Waals surface area contributed by atoms with Crippen LogP contribution in [0, 0.1) is 0 Å². The molecule has 1 N–H and O–H groups in total. The molecule has 0 saturated carbocycles. The van der Waals surface area contributed by atoms with Crippen LogP contribution in [0.5, 0.6) is 5.75 Å².